The maximum atomic E-state index is 12.1. The van der Waals surface area contributed by atoms with Gasteiger partial charge in [0.15, 0.2) is 0 Å². The largest absolute Gasteiger partial charge is 0.394 e. The number of nitrogens with one attached hydrogen (secondary N) is 1. The maximum Gasteiger partial charge on any atom is 0.261 e. The second-order valence-corrected chi connectivity index (χ2v) is 6.54. The standard InChI is InChI=1S/C12H13NO2S2/c14-7-12(3-1-4-12)13-11(15)10-6-9-8(17-10)2-5-16-9/h2,5-6,14H,1,3-4,7H2,(H,13,15). The Labute approximate surface area is 107 Å². The van der Waals surface area contributed by atoms with Gasteiger partial charge >= 0.3 is 0 Å². The van der Waals surface area contributed by atoms with Gasteiger partial charge in [-0.05, 0) is 36.8 Å². The van der Waals surface area contributed by atoms with Crippen LogP contribution < -0.4 is 5.32 Å². The van der Waals surface area contributed by atoms with Gasteiger partial charge in [0.2, 0.25) is 0 Å². The summed E-state index contributed by atoms with van der Waals surface area (Å²) < 4.78 is 2.32. The molecule has 1 amide bonds. The van der Waals surface area contributed by atoms with Crippen LogP contribution >= 0.6 is 22.7 Å². The van der Waals surface area contributed by atoms with Crippen LogP contribution in [0.1, 0.15) is 28.9 Å². The molecular formula is C12H13NO2S2. The Morgan fingerprint density at radius 2 is 2.29 bits per heavy atom. The van der Waals surface area contributed by atoms with E-state index in [1.54, 1.807) is 11.3 Å². The first-order chi connectivity index (χ1) is 8.22. The fraction of sp³-hybridized carbons (Fsp3) is 0.417. The zero-order valence-electron chi connectivity index (χ0n) is 9.23. The molecule has 0 bridgehead atoms. The number of thiophene rings is 2. The van der Waals surface area contributed by atoms with Crippen LogP contribution in [0.4, 0.5) is 0 Å². The number of aliphatic hydroxyl groups excluding tert-OH is 1. The van der Waals surface area contributed by atoms with Crippen LogP contribution in [0.2, 0.25) is 0 Å². The summed E-state index contributed by atoms with van der Waals surface area (Å²) in [5.41, 5.74) is -0.353. The molecule has 0 spiro atoms. The number of carbonyl (C=O) groups is 1. The van der Waals surface area contributed by atoms with Gasteiger partial charge in [-0.2, -0.15) is 0 Å². The topological polar surface area (TPSA) is 49.3 Å². The minimum Gasteiger partial charge on any atom is -0.394 e. The van der Waals surface area contributed by atoms with Crippen LogP contribution in [0.5, 0.6) is 0 Å². The lowest BCUT2D eigenvalue weighted by Crippen LogP contribution is -2.56. The fourth-order valence-corrected chi connectivity index (χ4v) is 4.11. The average Bonchev–Trinajstić information content (AvgIpc) is 2.82. The van der Waals surface area contributed by atoms with Gasteiger partial charge in [-0.25, -0.2) is 0 Å². The van der Waals surface area contributed by atoms with E-state index in [0.29, 0.717) is 0 Å². The van der Waals surface area contributed by atoms with Gasteiger partial charge in [0.1, 0.15) is 0 Å². The summed E-state index contributed by atoms with van der Waals surface area (Å²) in [5.74, 6) is -0.0489. The molecule has 5 heteroatoms. The molecule has 3 rings (SSSR count). The third kappa shape index (κ3) is 1.88. The molecule has 0 atom stereocenters. The zero-order chi connectivity index (χ0) is 11.9. The van der Waals surface area contributed by atoms with E-state index in [9.17, 15) is 9.90 Å². The maximum absolute atomic E-state index is 12.1. The number of carbonyl (C=O) groups excluding carboxylic acids is 1. The van der Waals surface area contributed by atoms with Crippen LogP contribution in [-0.4, -0.2) is 23.2 Å². The van der Waals surface area contributed by atoms with Crippen LogP contribution in [0.3, 0.4) is 0 Å². The van der Waals surface area contributed by atoms with Crippen molar-refractivity contribution in [3.05, 3.63) is 22.4 Å². The lowest BCUT2D eigenvalue weighted by atomic mass is 9.77. The van der Waals surface area contributed by atoms with E-state index in [-0.39, 0.29) is 18.1 Å². The Bertz CT molecular complexity index is 520. The Hall–Kier alpha value is -0.910. The summed E-state index contributed by atoms with van der Waals surface area (Å²) in [6.07, 6.45) is 2.85. The summed E-state index contributed by atoms with van der Waals surface area (Å²) in [6, 6.07) is 3.97. The SMILES string of the molecule is O=C(NC1(CO)CCC1)c1cc2sccc2s1. The number of rotatable bonds is 3. The van der Waals surface area contributed by atoms with Gasteiger partial charge in [0, 0.05) is 9.40 Å². The van der Waals surface area contributed by atoms with E-state index in [0.717, 1.165) is 33.5 Å². The molecule has 3 nitrogen and oxygen atoms in total. The van der Waals surface area contributed by atoms with Crippen molar-refractivity contribution < 1.29 is 9.90 Å². The molecule has 0 aromatic carbocycles. The molecule has 90 valence electrons. The van der Waals surface area contributed by atoms with Gasteiger partial charge in [-0.15, -0.1) is 22.7 Å². The van der Waals surface area contributed by atoms with Crippen molar-refractivity contribution in [2.75, 3.05) is 6.61 Å². The highest BCUT2D eigenvalue weighted by Gasteiger charge is 2.38. The van der Waals surface area contributed by atoms with Gasteiger partial charge in [-0.1, -0.05) is 0 Å². The lowest BCUT2D eigenvalue weighted by molar-refractivity contribution is 0.0645. The Kier molecular flexibility index (Phi) is 2.69. The summed E-state index contributed by atoms with van der Waals surface area (Å²) >= 11 is 3.16. The Balaban J connectivity index is 1.80. The van der Waals surface area contributed by atoms with E-state index in [1.165, 1.54) is 11.3 Å². The first-order valence-corrected chi connectivity index (χ1v) is 7.32. The summed E-state index contributed by atoms with van der Waals surface area (Å²) in [7, 11) is 0. The minimum atomic E-state index is -0.353. The molecule has 2 aromatic rings. The second-order valence-electron chi connectivity index (χ2n) is 4.51. The number of hydrogen-bond donors (Lipinski definition) is 2. The fourth-order valence-electron chi connectivity index (χ4n) is 2.11. The molecule has 1 saturated carbocycles. The van der Waals surface area contributed by atoms with Crippen molar-refractivity contribution in [2.24, 2.45) is 0 Å². The van der Waals surface area contributed by atoms with Gasteiger partial charge in [0.05, 0.1) is 17.0 Å². The van der Waals surface area contributed by atoms with Crippen molar-refractivity contribution in [2.45, 2.75) is 24.8 Å². The molecule has 2 heterocycles. The summed E-state index contributed by atoms with van der Waals surface area (Å²) in [4.78, 5) is 12.8. The van der Waals surface area contributed by atoms with Crippen molar-refractivity contribution >= 4 is 38.0 Å². The van der Waals surface area contributed by atoms with Crippen LogP contribution in [-0.2, 0) is 0 Å². The summed E-state index contributed by atoms with van der Waals surface area (Å²) in [5, 5.41) is 14.3. The molecule has 0 saturated heterocycles. The third-order valence-corrected chi connectivity index (χ3v) is 5.45. The van der Waals surface area contributed by atoms with Crippen molar-refractivity contribution in [1.29, 1.82) is 0 Å². The molecule has 0 radical (unpaired) electrons. The Morgan fingerprint density at radius 3 is 2.88 bits per heavy atom. The van der Waals surface area contributed by atoms with Crippen molar-refractivity contribution in [3.8, 4) is 0 Å². The predicted molar refractivity (Wildman–Crippen MR) is 70.8 cm³/mol. The van der Waals surface area contributed by atoms with E-state index in [4.69, 9.17) is 0 Å². The molecule has 17 heavy (non-hydrogen) atoms. The number of aliphatic hydroxyl groups is 1. The highest BCUT2D eigenvalue weighted by Crippen LogP contribution is 2.33. The quantitative estimate of drug-likeness (QED) is 0.898. The predicted octanol–water partition coefficient (Wildman–Crippen LogP) is 2.61. The van der Waals surface area contributed by atoms with Crippen LogP contribution in [0.15, 0.2) is 17.5 Å². The average molecular weight is 267 g/mol. The molecule has 1 aliphatic rings. The van der Waals surface area contributed by atoms with E-state index in [2.05, 4.69) is 5.32 Å². The van der Waals surface area contributed by atoms with Crippen LogP contribution in [0.25, 0.3) is 9.40 Å². The first kappa shape index (κ1) is 11.2. The zero-order valence-corrected chi connectivity index (χ0v) is 10.9. The number of hydrogen-bond acceptors (Lipinski definition) is 4. The van der Waals surface area contributed by atoms with Gasteiger partial charge in [-0.3, -0.25) is 4.79 Å². The monoisotopic (exact) mass is 267 g/mol. The number of amides is 1. The molecule has 2 N–H and O–H groups in total. The van der Waals surface area contributed by atoms with Gasteiger partial charge in [0.25, 0.3) is 5.91 Å². The molecular weight excluding hydrogens is 254 g/mol. The molecule has 0 unspecified atom stereocenters. The van der Waals surface area contributed by atoms with Crippen molar-refractivity contribution in [3.63, 3.8) is 0 Å². The summed E-state index contributed by atoms with van der Waals surface area (Å²) in [6.45, 7) is 0.0402. The Morgan fingerprint density at radius 1 is 1.47 bits per heavy atom. The van der Waals surface area contributed by atoms with Gasteiger partial charge < -0.3 is 10.4 Å². The molecule has 2 aromatic heterocycles. The number of fused-ring (bicyclic) bond motifs is 1. The molecule has 1 aliphatic carbocycles. The molecule has 0 aliphatic heterocycles. The van der Waals surface area contributed by atoms with Crippen LogP contribution in [0, 0.1) is 0 Å². The highest BCUT2D eigenvalue weighted by atomic mass is 32.1. The minimum absolute atomic E-state index is 0.0402. The highest BCUT2D eigenvalue weighted by molar-refractivity contribution is 7.27. The normalized spacial score (nSPS) is 17.9. The van der Waals surface area contributed by atoms with E-state index < -0.39 is 0 Å². The first-order valence-electron chi connectivity index (χ1n) is 5.63. The lowest BCUT2D eigenvalue weighted by Gasteiger charge is -2.40. The smallest absolute Gasteiger partial charge is 0.261 e. The van der Waals surface area contributed by atoms with E-state index in [1.807, 2.05) is 17.5 Å². The second kappa shape index (κ2) is 4.08. The van der Waals surface area contributed by atoms with E-state index >= 15 is 0 Å². The third-order valence-electron chi connectivity index (χ3n) is 3.36. The van der Waals surface area contributed by atoms with Crippen molar-refractivity contribution in [1.82, 2.24) is 5.32 Å². The molecule has 1 fully saturated rings.